The van der Waals surface area contributed by atoms with Gasteiger partial charge in [-0.3, -0.25) is 5.32 Å². The molecule has 1 heterocycles. The van der Waals surface area contributed by atoms with Gasteiger partial charge < -0.3 is 10.8 Å². The summed E-state index contributed by atoms with van der Waals surface area (Å²) in [5.74, 6) is 0. The van der Waals surface area contributed by atoms with Gasteiger partial charge in [0.25, 0.3) is 0 Å². The van der Waals surface area contributed by atoms with E-state index in [-0.39, 0.29) is 0 Å². The van der Waals surface area contributed by atoms with E-state index in [2.05, 4.69) is 10.3 Å². The number of rotatable bonds is 4. The van der Waals surface area contributed by atoms with Crippen molar-refractivity contribution in [3.8, 4) is 0 Å². The summed E-state index contributed by atoms with van der Waals surface area (Å²) in [7, 11) is 0. The second kappa shape index (κ2) is 4.55. The van der Waals surface area contributed by atoms with Crippen LogP contribution in [-0.4, -0.2) is 22.9 Å². The first-order chi connectivity index (χ1) is 6.09. The van der Waals surface area contributed by atoms with Crippen LogP contribution in [0.5, 0.6) is 0 Å². The summed E-state index contributed by atoms with van der Waals surface area (Å²) in [5.41, 5.74) is 6.57. The third kappa shape index (κ3) is 3.30. The minimum absolute atomic E-state index is 0.462. The van der Waals surface area contributed by atoms with Crippen molar-refractivity contribution >= 4 is 16.5 Å². The van der Waals surface area contributed by atoms with Crippen LogP contribution >= 0.6 is 11.3 Å². The molecule has 0 saturated carbocycles. The van der Waals surface area contributed by atoms with E-state index in [1.807, 2.05) is 6.92 Å². The standard InChI is InChI=1S/C8H15N3OS/c1-5-7(11-8(9)13-5)3-4-10-6(2)12/h6,10,12H,3-4H2,1-2H3,(H2,9,11). The van der Waals surface area contributed by atoms with Gasteiger partial charge in [-0.15, -0.1) is 11.3 Å². The van der Waals surface area contributed by atoms with Crippen molar-refractivity contribution < 1.29 is 5.11 Å². The number of nitrogen functional groups attached to an aromatic ring is 1. The summed E-state index contributed by atoms with van der Waals surface area (Å²) in [6.45, 7) is 4.43. The third-order valence-electron chi connectivity index (χ3n) is 1.71. The zero-order valence-corrected chi connectivity index (χ0v) is 8.69. The van der Waals surface area contributed by atoms with Crippen LogP contribution in [0.25, 0.3) is 0 Å². The van der Waals surface area contributed by atoms with Crippen LogP contribution in [0.4, 0.5) is 5.13 Å². The van der Waals surface area contributed by atoms with Gasteiger partial charge >= 0.3 is 0 Å². The van der Waals surface area contributed by atoms with Crippen molar-refractivity contribution in [1.29, 1.82) is 0 Å². The van der Waals surface area contributed by atoms with Crippen molar-refractivity contribution in [3.05, 3.63) is 10.6 Å². The predicted molar refractivity (Wildman–Crippen MR) is 54.7 cm³/mol. The maximum absolute atomic E-state index is 8.95. The molecule has 0 fully saturated rings. The van der Waals surface area contributed by atoms with Crippen LogP contribution in [0.1, 0.15) is 17.5 Å². The maximum Gasteiger partial charge on any atom is 0.180 e. The Bertz CT molecular complexity index is 272. The second-order valence-corrected chi connectivity index (χ2v) is 4.17. The smallest absolute Gasteiger partial charge is 0.180 e. The Balaban J connectivity index is 2.40. The predicted octanol–water partition coefficient (Wildman–Crippen LogP) is 0.504. The molecule has 1 aromatic heterocycles. The number of aliphatic hydroxyl groups is 1. The molecule has 0 amide bonds. The summed E-state index contributed by atoms with van der Waals surface area (Å²) in [6, 6.07) is 0. The fourth-order valence-corrected chi connectivity index (χ4v) is 1.82. The van der Waals surface area contributed by atoms with Gasteiger partial charge in [0, 0.05) is 17.8 Å². The van der Waals surface area contributed by atoms with Crippen LogP contribution in [0.15, 0.2) is 0 Å². The molecule has 1 unspecified atom stereocenters. The van der Waals surface area contributed by atoms with E-state index in [9.17, 15) is 0 Å². The Labute approximate surface area is 81.8 Å². The summed E-state index contributed by atoms with van der Waals surface area (Å²) in [5, 5.41) is 12.5. The number of thiazole rings is 1. The van der Waals surface area contributed by atoms with E-state index < -0.39 is 6.23 Å². The van der Waals surface area contributed by atoms with E-state index in [1.165, 1.54) is 11.3 Å². The van der Waals surface area contributed by atoms with Crippen molar-refractivity contribution in [2.75, 3.05) is 12.3 Å². The molecule has 1 rings (SSSR count). The number of nitrogens with two attached hydrogens (primary N) is 1. The van der Waals surface area contributed by atoms with E-state index in [4.69, 9.17) is 10.8 Å². The fourth-order valence-electron chi connectivity index (χ4n) is 1.08. The van der Waals surface area contributed by atoms with E-state index in [0.29, 0.717) is 5.13 Å². The number of nitrogens with one attached hydrogen (secondary N) is 1. The number of aromatic nitrogens is 1. The number of aryl methyl sites for hydroxylation is 1. The van der Waals surface area contributed by atoms with Crippen LogP contribution in [0.2, 0.25) is 0 Å². The maximum atomic E-state index is 8.95. The van der Waals surface area contributed by atoms with E-state index >= 15 is 0 Å². The Morgan fingerprint density at radius 1 is 1.69 bits per heavy atom. The van der Waals surface area contributed by atoms with Crippen LogP contribution in [0, 0.1) is 6.92 Å². The minimum atomic E-state index is -0.462. The molecule has 4 nitrogen and oxygen atoms in total. The Morgan fingerprint density at radius 2 is 2.38 bits per heavy atom. The molecule has 0 bridgehead atoms. The molecule has 1 aromatic rings. The van der Waals surface area contributed by atoms with Crippen LogP contribution in [-0.2, 0) is 6.42 Å². The summed E-state index contributed by atoms with van der Waals surface area (Å²) in [6.07, 6.45) is 0.348. The quantitative estimate of drug-likeness (QED) is 0.620. The molecule has 0 aromatic carbocycles. The van der Waals surface area contributed by atoms with Crippen molar-refractivity contribution in [2.45, 2.75) is 26.5 Å². The second-order valence-electron chi connectivity index (χ2n) is 2.94. The zero-order valence-electron chi connectivity index (χ0n) is 7.87. The lowest BCUT2D eigenvalue weighted by atomic mass is 10.3. The highest BCUT2D eigenvalue weighted by Crippen LogP contribution is 2.18. The summed E-state index contributed by atoms with van der Waals surface area (Å²) < 4.78 is 0. The van der Waals surface area contributed by atoms with Gasteiger partial charge in [0.05, 0.1) is 5.69 Å². The SMILES string of the molecule is Cc1sc(N)nc1CCNC(C)O. The first-order valence-electron chi connectivity index (χ1n) is 4.23. The molecule has 74 valence electrons. The largest absolute Gasteiger partial charge is 0.379 e. The number of hydrogen-bond acceptors (Lipinski definition) is 5. The summed E-state index contributed by atoms with van der Waals surface area (Å²) in [4.78, 5) is 5.34. The molecule has 0 aliphatic carbocycles. The van der Waals surface area contributed by atoms with Gasteiger partial charge in [-0.1, -0.05) is 0 Å². The fraction of sp³-hybridized carbons (Fsp3) is 0.625. The van der Waals surface area contributed by atoms with Crippen molar-refractivity contribution in [1.82, 2.24) is 10.3 Å². The van der Waals surface area contributed by atoms with Crippen molar-refractivity contribution in [2.24, 2.45) is 0 Å². The van der Waals surface area contributed by atoms with Crippen molar-refractivity contribution in [3.63, 3.8) is 0 Å². The Morgan fingerprint density at radius 3 is 2.85 bits per heavy atom. The lowest BCUT2D eigenvalue weighted by molar-refractivity contribution is 0.157. The Kier molecular flexibility index (Phi) is 3.65. The molecular formula is C8H15N3OS. The lowest BCUT2D eigenvalue weighted by Gasteiger charge is -2.05. The highest BCUT2D eigenvalue weighted by Gasteiger charge is 2.04. The molecular weight excluding hydrogens is 186 g/mol. The first-order valence-corrected chi connectivity index (χ1v) is 5.04. The normalized spacial score (nSPS) is 13.2. The molecule has 1 atom stereocenters. The zero-order chi connectivity index (χ0) is 9.84. The minimum Gasteiger partial charge on any atom is -0.379 e. The lowest BCUT2D eigenvalue weighted by Crippen LogP contribution is -2.27. The monoisotopic (exact) mass is 201 g/mol. The molecule has 0 saturated heterocycles. The molecule has 0 aliphatic rings. The molecule has 5 heteroatoms. The van der Waals surface area contributed by atoms with Crippen LogP contribution in [0.3, 0.4) is 0 Å². The van der Waals surface area contributed by atoms with Gasteiger partial charge in [0.15, 0.2) is 5.13 Å². The summed E-state index contributed by atoms with van der Waals surface area (Å²) >= 11 is 1.50. The first kappa shape index (κ1) is 10.4. The molecule has 4 N–H and O–H groups in total. The topological polar surface area (TPSA) is 71.2 Å². The Hall–Kier alpha value is -0.650. The van der Waals surface area contributed by atoms with E-state index in [1.54, 1.807) is 6.92 Å². The average Bonchev–Trinajstić information content (AvgIpc) is 2.29. The highest BCUT2D eigenvalue weighted by atomic mass is 32.1. The van der Waals surface area contributed by atoms with Gasteiger partial charge in [0.2, 0.25) is 0 Å². The van der Waals surface area contributed by atoms with Gasteiger partial charge in [-0.2, -0.15) is 0 Å². The number of hydrogen-bond donors (Lipinski definition) is 3. The van der Waals surface area contributed by atoms with Crippen LogP contribution < -0.4 is 11.1 Å². The number of anilines is 1. The number of nitrogens with zero attached hydrogens (tertiary/aromatic N) is 1. The number of aliphatic hydroxyl groups excluding tert-OH is 1. The molecule has 0 spiro atoms. The molecule has 0 radical (unpaired) electrons. The van der Waals surface area contributed by atoms with Gasteiger partial charge in [0.1, 0.15) is 6.23 Å². The van der Waals surface area contributed by atoms with E-state index in [0.717, 1.165) is 23.5 Å². The average molecular weight is 201 g/mol. The highest BCUT2D eigenvalue weighted by molar-refractivity contribution is 7.15. The van der Waals surface area contributed by atoms with Gasteiger partial charge in [-0.05, 0) is 13.8 Å². The third-order valence-corrected chi connectivity index (χ3v) is 2.55. The molecule has 0 aliphatic heterocycles. The van der Waals surface area contributed by atoms with Gasteiger partial charge in [-0.25, -0.2) is 4.98 Å². The molecule has 13 heavy (non-hydrogen) atoms.